The molecule has 0 unspecified atom stereocenters. The summed E-state index contributed by atoms with van der Waals surface area (Å²) in [5.41, 5.74) is 4.68. The predicted octanol–water partition coefficient (Wildman–Crippen LogP) is 5.39. The maximum Gasteiger partial charge on any atom is 0.325 e. The van der Waals surface area contributed by atoms with Gasteiger partial charge in [-0.15, -0.1) is 0 Å². The second-order valence-corrected chi connectivity index (χ2v) is 10.2. The molecule has 2 aromatic rings. The van der Waals surface area contributed by atoms with Crippen LogP contribution in [0, 0.1) is 5.92 Å². The van der Waals surface area contributed by atoms with Gasteiger partial charge in [-0.2, -0.15) is 0 Å². The van der Waals surface area contributed by atoms with Crippen LogP contribution in [0.3, 0.4) is 0 Å². The van der Waals surface area contributed by atoms with Crippen LogP contribution >= 0.6 is 0 Å². The van der Waals surface area contributed by atoms with Gasteiger partial charge < -0.3 is 9.84 Å². The molecule has 6 heteroatoms. The number of ether oxygens (including phenoxy) is 1. The van der Waals surface area contributed by atoms with E-state index in [1.165, 1.54) is 55.5 Å². The molecular weight excluding hydrogens is 426 g/mol. The quantitative estimate of drug-likeness (QED) is 0.448. The Hall–Kier alpha value is -2.47. The molecular formula is C28H39N3O3. The number of fused-ring (bicyclic) bond motifs is 1. The number of carbonyl (C=O) groups is 1. The van der Waals surface area contributed by atoms with Crippen molar-refractivity contribution < 1.29 is 14.6 Å². The van der Waals surface area contributed by atoms with Gasteiger partial charge in [-0.1, -0.05) is 18.9 Å². The minimum Gasteiger partial charge on any atom is -0.480 e. The van der Waals surface area contributed by atoms with E-state index in [1.54, 1.807) is 12.3 Å². The van der Waals surface area contributed by atoms with Crippen LogP contribution < -0.4 is 4.74 Å². The number of likely N-dealkylation sites (tertiary alicyclic amines) is 1. The van der Waals surface area contributed by atoms with E-state index in [0.29, 0.717) is 17.4 Å². The van der Waals surface area contributed by atoms with E-state index in [0.717, 1.165) is 38.8 Å². The smallest absolute Gasteiger partial charge is 0.325 e. The highest BCUT2D eigenvalue weighted by atomic mass is 16.5. The highest BCUT2D eigenvalue weighted by Crippen LogP contribution is 2.34. The summed E-state index contributed by atoms with van der Waals surface area (Å²) in [6, 6.07) is 7.45. The number of aromatic nitrogens is 2. The topological polar surface area (TPSA) is 75.6 Å². The van der Waals surface area contributed by atoms with Crippen molar-refractivity contribution in [3.63, 3.8) is 0 Å². The van der Waals surface area contributed by atoms with Gasteiger partial charge in [0.25, 0.3) is 0 Å². The Morgan fingerprint density at radius 2 is 2.03 bits per heavy atom. The van der Waals surface area contributed by atoms with E-state index in [4.69, 9.17) is 9.72 Å². The standard InChI is InChI=1S/C28H39N3O3/c1-20(2)34-27-24(12-8-17-29-27)26(28(32)33)31-18-16-21(19-31)9-4-3-5-11-23-15-14-22-10-6-7-13-25(22)30-23/h8,12,14-15,17,20-21,26H,3-7,9-11,13,16,18-19H2,1-2H3,(H,32,33)/t21-,26-/m1/s1. The number of nitrogens with zero attached hydrogens (tertiary/aromatic N) is 3. The first-order chi connectivity index (χ1) is 16.5. The van der Waals surface area contributed by atoms with Crippen molar-refractivity contribution in [2.24, 2.45) is 5.92 Å². The molecule has 1 saturated heterocycles. The van der Waals surface area contributed by atoms with Gasteiger partial charge in [0.05, 0.1) is 6.10 Å². The van der Waals surface area contributed by atoms with Crippen LogP contribution in [-0.2, 0) is 24.1 Å². The molecule has 2 aliphatic rings. The number of hydrogen-bond donors (Lipinski definition) is 1. The predicted molar refractivity (Wildman–Crippen MR) is 133 cm³/mol. The van der Waals surface area contributed by atoms with Crippen LogP contribution in [0.1, 0.15) is 87.3 Å². The second-order valence-electron chi connectivity index (χ2n) is 10.2. The maximum absolute atomic E-state index is 12.2. The molecule has 0 amide bonds. The molecule has 3 heterocycles. The Balaban J connectivity index is 1.24. The Bertz CT molecular complexity index is 962. The minimum atomic E-state index is -0.834. The molecule has 1 N–H and O–H groups in total. The average Bonchev–Trinajstić information content (AvgIpc) is 3.27. The first-order valence-corrected chi connectivity index (χ1v) is 13.1. The normalized spacial score (nSPS) is 19.2. The monoisotopic (exact) mass is 465 g/mol. The number of carboxylic acids is 1. The van der Waals surface area contributed by atoms with Crippen LogP contribution in [0.25, 0.3) is 0 Å². The van der Waals surface area contributed by atoms with E-state index >= 15 is 0 Å². The van der Waals surface area contributed by atoms with Gasteiger partial charge in [-0.25, -0.2) is 4.98 Å². The van der Waals surface area contributed by atoms with Crippen LogP contribution in [0.15, 0.2) is 30.5 Å². The molecule has 0 aromatic carbocycles. The van der Waals surface area contributed by atoms with Crippen LogP contribution in [0.5, 0.6) is 5.88 Å². The van der Waals surface area contributed by atoms with Crippen LogP contribution in [0.4, 0.5) is 0 Å². The molecule has 0 spiro atoms. The maximum atomic E-state index is 12.2. The molecule has 184 valence electrons. The van der Waals surface area contributed by atoms with Gasteiger partial charge >= 0.3 is 5.97 Å². The molecule has 0 radical (unpaired) electrons. The second kappa shape index (κ2) is 11.8. The molecule has 1 fully saturated rings. The Kier molecular flexibility index (Phi) is 8.54. The summed E-state index contributed by atoms with van der Waals surface area (Å²) >= 11 is 0. The third-order valence-electron chi connectivity index (χ3n) is 7.14. The number of rotatable bonds is 11. The van der Waals surface area contributed by atoms with Crippen molar-refractivity contribution in [2.75, 3.05) is 13.1 Å². The lowest BCUT2D eigenvalue weighted by Gasteiger charge is -2.26. The molecule has 2 aromatic heterocycles. The average molecular weight is 466 g/mol. The highest BCUT2D eigenvalue weighted by molar-refractivity contribution is 5.76. The first-order valence-electron chi connectivity index (χ1n) is 13.1. The zero-order chi connectivity index (χ0) is 23.9. The number of aryl methyl sites for hydroxylation is 3. The molecule has 0 bridgehead atoms. The van der Waals surface area contributed by atoms with Crippen molar-refractivity contribution in [3.05, 3.63) is 53.0 Å². The van der Waals surface area contributed by atoms with Crippen molar-refractivity contribution >= 4 is 5.97 Å². The van der Waals surface area contributed by atoms with E-state index in [1.807, 2.05) is 19.9 Å². The molecule has 34 heavy (non-hydrogen) atoms. The number of hydrogen-bond acceptors (Lipinski definition) is 5. The SMILES string of the molecule is CC(C)Oc1ncccc1[C@H](C(=O)O)N1CC[C@@H](CCCCCc2ccc3c(n2)CCCC3)C1. The molecule has 4 rings (SSSR count). The first kappa shape index (κ1) is 24.6. The van der Waals surface area contributed by atoms with Gasteiger partial charge in [-0.05, 0) is 101 Å². The Morgan fingerprint density at radius 3 is 2.85 bits per heavy atom. The fourth-order valence-electron chi connectivity index (χ4n) is 5.43. The lowest BCUT2D eigenvalue weighted by atomic mass is 9.95. The molecule has 0 saturated carbocycles. The Morgan fingerprint density at radius 1 is 1.18 bits per heavy atom. The molecule has 1 aliphatic carbocycles. The summed E-state index contributed by atoms with van der Waals surface area (Å²) in [4.78, 5) is 23.5. The van der Waals surface area contributed by atoms with Crippen molar-refractivity contribution in [1.82, 2.24) is 14.9 Å². The Labute approximate surface area is 203 Å². The van der Waals surface area contributed by atoms with Crippen molar-refractivity contribution in [2.45, 2.75) is 90.2 Å². The third kappa shape index (κ3) is 6.35. The number of aliphatic carboxylic acids is 1. The molecule has 6 nitrogen and oxygen atoms in total. The molecule has 2 atom stereocenters. The van der Waals surface area contributed by atoms with Gasteiger partial charge in [0, 0.05) is 29.7 Å². The molecule has 1 aliphatic heterocycles. The number of unbranched alkanes of at least 4 members (excludes halogenated alkanes) is 2. The van der Waals surface area contributed by atoms with Gasteiger partial charge in [0.1, 0.15) is 6.04 Å². The fourth-order valence-corrected chi connectivity index (χ4v) is 5.43. The lowest BCUT2D eigenvalue weighted by Crippen LogP contribution is -2.33. The summed E-state index contributed by atoms with van der Waals surface area (Å²) in [6.07, 6.45) is 13.3. The summed E-state index contributed by atoms with van der Waals surface area (Å²) < 4.78 is 5.82. The zero-order valence-corrected chi connectivity index (χ0v) is 20.7. The third-order valence-corrected chi connectivity index (χ3v) is 7.14. The van der Waals surface area contributed by atoms with Crippen LogP contribution in [0.2, 0.25) is 0 Å². The summed E-state index contributed by atoms with van der Waals surface area (Å²) in [5, 5.41) is 10.0. The van der Waals surface area contributed by atoms with E-state index < -0.39 is 12.0 Å². The van der Waals surface area contributed by atoms with E-state index in [2.05, 4.69) is 22.0 Å². The minimum absolute atomic E-state index is 0.0501. The van der Waals surface area contributed by atoms with Crippen LogP contribution in [-0.4, -0.2) is 45.1 Å². The van der Waals surface area contributed by atoms with Gasteiger partial charge in [-0.3, -0.25) is 14.7 Å². The fraction of sp³-hybridized carbons (Fsp3) is 0.607. The number of pyridine rings is 2. The number of carboxylic acid groups (broad SMARTS) is 1. The van der Waals surface area contributed by atoms with Crippen molar-refractivity contribution in [3.8, 4) is 5.88 Å². The van der Waals surface area contributed by atoms with Gasteiger partial charge in [0.2, 0.25) is 5.88 Å². The largest absolute Gasteiger partial charge is 0.480 e. The van der Waals surface area contributed by atoms with Crippen molar-refractivity contribution in [1.29, 1.82) is 0 Å². The highest BCUT2D eigenvalue weighted by Gasteiger charge is 2.35. The summed E-state index contributed by atoms with van der Waals surface area (Å²) in [7, 11) is 0. The van der Waals surface area contributed by atoms with Gasteiger partial charge in [0.15, 0.2) is 0 Å². The van der Waals surface area contributed by atoms with E-state index in [-0.39, 0.29) is 6.10 Å². The zero-order valence-electron chi connectivity index (χ0n) is 20.7. The lowest BCUT2D eigenvalue weighted by molar-refractivity contribution is -0.143. The van der Waals surface area contributed by atoms with E-state index in [9.17, 15) is 9.90 Å². The summed E-state index contributed by atoms with van der Waals surface area (Å²) in [5.74, 6) is 0.152. The summed E-state index contributed by atoms with van der Waals surface area (Å²) in [6.45, 7) is 5.49.